The average molecular weight is 339 g/mol. The lowest BCUT2D eigenvalue weighted by molar-refractivity contribution is 0.237. The lowest BCUT2D eigenvalue weighted by Crippen LogP contribution is -2.36. The van der Waals surface area contributed by atoms with Crippen molar-refractivity contribution in [2.45, 2.75) is 19.5 Å². The summed E-state index contributed by atoms with van der Waals surface area (Å²) in [7, 11) is 0. The monoisotopic (exact) mass is 339 g/mol. The molecule has 25 heavy (non-hydrogen) atoms. The first kappa shape index (κ1) is 16.6. The number of amides is 2. The standard InChI is InChI=1S/C18H18FN5O/c1-13(15-4-2-5-16(19)10-15)23-18(25)21-12-14-6-7-17(20-11-14)24-9-3-8-22-24/h2-11,13H,12H2,1H3,(H2,21,23,25)/t13-/m0/s1. The Morgan fingerprint density at radius 2 is 2.16 bits per heavy atom. The van der Waals surface area contributed by atoms with Crippen LogP contribution in [-0.2, 0) is 6.54 Å². The molecule has 0 spiro atoms. The summed E-state index contributed by atoms with van der Waals surface area (Å²) < 4.78 is 14.9. The van der Waals surface area contributed by atoms with Gasteiger partial charge in [-0.05, 0) is 42.3 Å². The van der Waals surface area contributed by atoms with Crippen LogP contribution in [0.3, 0.4) is 0 Å². The van der Waals surface area contributed by atoms with Gasteiger partial charge in [0.05, 0.1) is 6.04 Å². The van der Waals surface area contributed by atoms with Gasteiger partial charge in [0.1, 0.15) is 5.82 Å². The number of benzene rings is 1. The number of nitrogens with one attached hydrogen (secondary N) is 2. The first-order valence-electron chi connectivity index (χ1n) is 7.86. The zero-order valence-electron chi connectivity index (χ0n) is 13.7. The van der Waals surface area contributed by atoms with Gasteiger partial charge in [0.2, 0.25) is 0 Å². The molecule has 0 bridgehead atoms. The number of carbonyl (C=O) groups excluding carboxylic acids is 1. The average Bonchev–Trinajstić information content (AvgIpc) is 3.15. The molecule has 0 aliphatic carbocycles. The molecule has 2 amide bonds. The van der Waals surface area contributed by atoms with Gasteiger partial charge in [-0.15, -0.1) is 0 Å². The van der Waals surface area contributed by atoms with Gasteiger partial charge in [-0.2, -0.15) is 5.10 Å². The molecule has 3 rings (SSSR count). The Bertz CT molecular complexity index is 833. The lowest BCUT2D eigenvalue weighted by atomic mass is 10.1. The van der Waals surface area contributed by atoms with Crippen LogP contribution in [0.1, 0.15) is 24.1 Å². The van der Waals surface area contributed by atoms with Crippen LogP contribution in [0.25, 0.3) is 5.82 Å². The number of hydrogen-bond donors (Lipinski definition) is 2. The predicted molar refractivity (Wildman–Crippen MR) is 91.5 cm³/mol. The first-order valence-corrected chi connectivity index (χ1v) is 7.86. The van der Waals surface area contributed by atoms with E-state index in [1.54, 1.807) is 36.1 Å². The van der Waals surface area contributed by atoms with Crippen LogP contribution in [0.2, 0.25) is 0 Å². The van der Waals surface area contributed by atoms with Crippen molar-refractivity contribution in [2.24, 2.45) is 0 Å². The maximum absolute atomic E-state index is 13.2. The van der Waals surface area contributed by atoms with Crippen LogP contribution in [0.15, 0.2) is 61.1 Å². The Morgan fingerprint density at radius 3 is 2.84 bits per heavy atom. The van der Waals surface area contributed by atoms with Gasteiger partial charge in [0, 0.05) is 25.1 Å². The molecule has 6 nitrogen and oxygen atoms in total. The first-order chi connectivity index (χ1) is 12.1. The number of urea groups is 1. The molecule has 0 aliphatic heterocycles. The summed E-state index contributed by atoms with van der Waals surface area (Å²) in [5, 5.41) is 9.64. The van der Waals surface area contributed by atoms with E-state index < -0.39 is 0 Å². The zero-order valence-corrected chi connectivity index (χ0v) is 13.7. The van der Waals surface area contributed by atoms with Gasteiger partial charge < -0.3 is 10.6 Å². The highest BCUT2D eigenvalue weighted by molar-refractivity contribution is 5.74. The van der Waals surface area contributed by atoms with E-state index >= 15 is 0 Å². The van der Waals surface area contributed by atoms with Gasteiger partial charge in [0.25, 0.3) is 0 Å². The summed E-state index contributed by atoms with van der Waals surface area (Å²) in [5.41, 5.74) is 1.57. The van der Waals surface area contributed by atoms with Gasteiger partial charge in [-0.25, -0.2) is 18.9 Å². The van der Waals surface area contributed by atoms with Crippen molar-refractivity contribution in [1.82, 2.24) is 25.4 Å². The van der Waals surface area contributed by atoms with E-state index in [1.165, 1.54) is 12.1 Å². The molecule has 0 saturated heterocycles. The number of hydrogen-bond acceptors (Lipinski definition) is 3. The van der Waals surface area contributed by atoms with E-state index in [0.717, 1.165) is 5.56 Å². The van der Waals surface area contributed by atoms with Gasteiger partial charge in [-0.3, -0.25) is 0 Å². The molecule has 3 aromatic rings. The van der Waals surface area contributed by atoms with Crippen molar-refractivity contribution in [1.29, 1.82) is 0 Å². The van der Waals surface area contributed by atoms with Crippen LogP contribution in [-0.4, -0.2) is 20.8 Å². The highest BCUT2D eigenvalue weighted by Crippen LogP contribution is 2.13. The minimum absolute atomic E-state index is 0.295. The van der Waals surface area contributed by atoms with Crippen molar-refractivity contribution >= 4 is 6.03 Å². The van der Waals surface area contributed by atoms with Crippen LogP contribution in [0.5, 0.6) is 0 Å². The molecule has 0 radical (unpaired) electrons. The highest BCUT2D eigenvalue weighted by Gasteiger charge is 2.10. The van der Waals surface area contributed by atoms with E-state index in [0.29, 0.717) is 17.9 Å². The summed E-state index contributed by atoms with van der Waals surface area (Å²) in [6, 6.07) is 11.1. The molecule has 2 heterocycles. The minimum Gasteiger partial charge on any atom is -0.334 e. The normalized spacial score (nSPS) is 11.8. The van der Waals surface area contributed by atoms with Crippen molar-refractivity contribution in [3.63, 3.8) is 0 Å². The molecule has 0 unspecified atom stereocenters. The molecule has 2 aromatic heterocycles. The van der Waals surface area contributed by atoms with E-state index in [2.05, 4.69) is 20.7 Å². The zero-order chi connectivity index (χ0) is 17.6. The maximum atomic E-state index is 13.2. The van der Waals surface area contributed by atoms with E-state index in [-0.39, 0.29) is 17.9 Å². The third kappa shape index (κ3) is 4.41. The quantitative estimate of drug-likeness (QED) is 0.751. The molecular formula is C18H18FN5O. The van der Waals surface area contributed by atoms with Crippen LogP contribution >= 0.6 is 0 Å². The fourth-order valence-electron chi connectivity index (χ4n) is 2.35. The maximum Gasteiger partial charge on any atom is 0.315 e. The summed E-state index contributed by atoms with van der Waals surface area (Å²) in [5.74, 6) is 0.382. The van der Waals surface area contributed by atoms with Crippen molar-refractivity contribution in [2.75, 3.05) is 0 Å². The van der Waals surface area contributed by atoms with Gasteiger partial charge >= 0.3 is 6.03 Å². The Balaban J connectivity index is 1.52. The second-order valence-corrected chi connectivity index (χ2v) is 5.58. The second-order valence-electron chi connectivity index (χ2n) is 5.58. The Kier molecular flexibility index (Phi) is 5.03. The van der Waals surface area contributed by atoms with Crippen LogP contribution < -0.4 is 10.6 Å². The molecule has 2 N–H and O–H groups in total. The van der Waals surface area contributed by atoms with Crippen molar-refractivity contribution < 1.29 is 9.18 Å². The number of aromatic nitrogens is 3. The third-order valence-electron chi connectivity index (χ3n) is 3.70. The smallest absolute Gasteiger partial charge is 0.315 e. The number of halogens is 1. The fraction of sp³-hybridized carbons (Fsp3) is 0.167. The number of pyridine rings is 1. The Labute approximate surface area is 144 Å². The highest BCUT2D eigenvalue weighted by atomic mass is 19.1. The van der Waals surface area contributed by atoms with E-state index in [1.807, 2.05) is 24.4 Å². The predicted octanol–water partition coefficient (Wildman–Crippen LogP) is 2.97. The fourth-order valence-corrected chi connectivity index (χ4v) is 2.35. The lowest BCUT2D eigenvalue weighted by Gasteiger charge is -2.15. The number of nitrogens with zero attached hydrogens (tertiary/aromatic N) is 3. The topological polar surface area (TPSA) is 71.8 Å². The molecular weight excluding hydrogens is 321 g/mol. The molecule has 1 aromatic carbocycles. The molecule has 128 valence electrons. The molecule has 0 saturated carbocycles. The molecule has 7 heteroatoms. The van der Waals surface area contributed by atoms with Crippen LogP contribution in [0.4, 0.5) is 9.18 Å². The summed E-state index contributed by atoms with van der Waals surface area (Å²) >= 11 is 0. The molecule has 0 aliphatic rings. The third-order valence-corrected chi connectivity index (χ3v) is 3.70. The summed E-state index contributed by atoms with van der Waals surface area (Å²) in [6.07, 6.45) is 5.18. The Morgan fingerprint density at radius 1 is 1.28 bits per heavy atom. The minimum atomic E-state index is -0.326. The van der Waals surface area contributed by atoms with Crippen LogP contribution in [0, 0.1) is 5.82 Å². The van der Waals surface area contributed by atoms with Crippen molar-refractivity contribution in [3.8, 4) is 5.82 Å². The largest absolute Gasteiger partial charge is 0.334 e. The molecule has 0 fully saturated rings. The number of carbonyl (C=O) groups is 1. The Hall–Kier alpha value is -3.22. The van der Waals surface area contributed by atoms with Gasteiger partial charge in [0.15, 0.2) is 5.82 Å². The van der Waals surface area contributed by atoms with E-state index in [4.69, 9.17) is 0 Å². The second kappa shape index (κ2) is 7.57. The van der Waals surface area contributed by atoms with Crippen molar-refractivity contribution in [3.05, 3.63) is 78.0 Å². The summed E-state index contributed by atoms with van der Waals surface area (Å²) in [6.45, 7) is 2.14. The SMILES string of the molecule is C[C@H](NC(=O)NCc1ccc(-n2cccn2)nc1)c1cccc(F)c1. The van der Waals surface area contributed by atoms with E-state index in [9.17, 15) is 9.18 Å². The van der Waals surface area contributed by atoms with Gasteiger partial charge in [-0.1, -0.05) is 18.2 Å². The summed E-state index contributed by atoms with van der Waals surface area (Å²) in [4.78, 5) is 16.3. The molecule has 1 atom stereocenters. The number of rotatable bonds is 5.